The van der Waals surface area contributed by atoms with Gasteiger partial charge in [0.25, 0.3) is 5.91 Å². The zero-order valence-corrected chi connectivity index (χ0v) is 18.4. The van der Waals surface area contributed by atoms with Gasteiger partial charge in [0.15, 0.2) is 0 Å². The Labute approximate surface area is 186 Å². The van der Waals surface area contributed by atoms with Crippen LogP contribution in [0.25, 0.3) is 22.4 Å². The number of nitrogens with one attached hydrogen (secondary N) is 1. The molecular weight excluding hydrogens is 430 g/mol. The summed E-state index contributed by atoms with van der Waals surface area (Å²) in [5, 5.41) is 2.97. The van der Waals surface area contributed by atoms with Gasteiger partial charge in [-0.3, -0.25) is 4.79 Å². The molecule has 2 atom stereocenters. The molecule has 0 bridgehead atoms. The minimum Gasteiger partial charge on any atom is -0.364 e. The predicted molar refractivity (Wildman–Crippen MR) is 121 cm³/mol. The average Bonchev–Trinajstić information content (AvgIpc) is 3.28. The molecule has 1 aromatic heterocycles. The highest BCUT2D eigenvalue weighted by Gasteiger charge is 2.30. The molecule has 1 amide bonds. The van der Waals surface area contributed by atoms with Crippen LogP contribution in [0.15, 0.2) is 36.4 Å². The highest BCUT2D eigenvalue weighted by molar-refractivity contribution is 5.95. The van der Waals surface area contributed by atoms with Gasteiger partial charge in [0.1, 0.15) is 17.7 Å². The predicted octanol–water partition coefficient (Wildman–Crippen LogP) is 3.98. The number of anilines is 1. The van der Waals surface area contributed by atoms with Crippen LogP contribution < -0.4 is 11.1 Å². The first-order valence-electron chi connectivity index (χ1n) is 9.35. The first-order chi connectivity index (χ1) is 13.5. The molecule has 1 aliphatic rings. The number of ether oxygens (including phenoxy) is 1. The Morgan fingerprint density at radius 1 is 1.27 bits per heavy atom. The molecular formula is C21H25Cl2FN4O2. The van der Waals surface area contributed by atoms with Crippen LogP contribution in [0.5, 0.6) is 0 Å². The van der Waals surface area contributed by atoms with Crippen molar-refractivity contribution in [3.05, 3.63) is 47.8 Å². The van der Waals surface area contributed by atoms with Crippen molar-refractivity contribution in [2.75, 3.05) is 11.9 Å². The Hall–Kier alpha value is -2.19. The van der Waals surface area contributed by atoms with Crippen LogP contribution in [0.1, 0.15) is 18.4 Å². The maximum Gasteiger partial charge on any atom is 0.253 e. The van der Waals surface area contributed by atoms with Crippen molar-refractivity contribution in [2.45, 2.75) is 32.0 Å². The van der Waals surface area contributed by atoms with Gasteiger partial charge >= 0.3 is 0 Å². The molecule has 1 saturated heterocycles. The summed E-state index contributed by atoms with van der Waals surface area (Å²) in [6.07, 6.45) is 0.936. The number of aryl methyl sites for hydroxylation is 2. The lowest BCUT2D eigenvalue weighted by Crippen LogP contribution is -2.30. The van der Waals surface area contributed by atoms with Gasteiger partial charge in [-0.2, -0.15) is 0 Å². The lowest BCUT2D eigenvalue weighted by Gasteiger charge is -2.15. The van der Waals surface area contributed by atoms with Crippen LogP contribution >= 0.6 is 24.8 Å². The lowest BCUT2D eigenvalue weighted by molar-refractivity contribution is -0.126. The molecule has 1 fully saturated rings. The molecule has 0 radical (unpaired) electrons. The fourth-order valence-electron chi connectivity index (χ4n) is 3.61. The summed E-state index contributed by atoms with van der Waals surface area (Å²) in [5.74, 6) is 0.223. The number of amides is 1. The third-order valence-electron chi connectivity index (χ3n) is 5.26. The molecule has 1 aliphatic heterocycles. The second kappa shape index (κ2) is 9.75. The molecule has 3 aromatic rings. The molecule has 0 spiro atoms. The monoisotopic (exact) mass is 454 g/mol. The van der Waals surface area contributed by atoms with E-state index in [1.807, 2.05) is 36.7 Å². The van der Waals surface area contributed by atoms with Crippen molar-refractivity contribution in [3.63, 3.8) is 0 Å². The summed E-state index contributed by atoms with van der Waals surface area (Å²) < 4.78 is 21.1. The van der Waals surface area contributed by atoms with Gasteiger partial charge in [-0.05, 0) is 43.5 Å². The molecule has 9 heteroatoms. The van der Waals surface area contributed by atoms with Gasteiger partial charge in [0.2, 0.25) is 0 Å². The highest BCUT2D eigenvalue weighted by Crippen LogP contribution is 2.29. The number of hydrogen-bond donors (Lipinski definition) is 2. The molecule has 0 saturated carbocycles. The summed E-state index contributed by atoms with van der Waals surface area (Å²) in [6, 6.07) is 10.3. The van der Waals surface area contributed by atoms with Gasteiger partial charge in [-0.1, -0.05) is 12.1 Å². The molecule has 4 rings (SSSR count). The second-order valence-corrected chi connectivity index (χ2v) is 7.21. The number of nitrogens with two attached hydrogens (primary N) is 1. The van der Waals surface area contributed by atoms with E-state index in [0.29, 0.717) is 30.0 Å². The van der Waals surface area contributed by atoms with Crippen LogP contribution in [-0.2, 0) is 16.6 Å². The third-order valence-corrected chi connectivity index (χ3v) is 5.26. The van der Waals surface area contributed by atoms with Crippen molar-refractivity contribution in [3.8, 4) is 11.4 Å². The number of carbonyl (C=O) groups is 1. The van der Waals surface area contributed by atoms with Crippen molar-refractivity contribution < 1.29 is 13.9 Å². The van der Waals surface area contributed by atoms with Crippen molar-refractivity contribution in [1.82, 2.24) is 9.55 Å². The van der Waals surface area contributed by atoms with Crippen LogP contribution in [0.2, 0.25) is 0 Å². The van der Waals surface area contributed by atoms with E-state index in [9.17, 15) is 9.18 Å². The van der Waals surface area contributed by atoms with E-state index in [2.05, 4.69) is 10.3 Å². The lowest BCUT2D eigenvalue weighted by atomic mass is 10.1. The van der Waals surface area contributed by atoms with Gasteiger partial charge in [-0.25, -0.2) is 9.37 Å². The number of halogens is 3. The summed E-state index contributed by atoms with van der Waals surface area (Å²) in [7, 11) is 1.89. The average molecular weight is 455 g/mol. The Morgan fingerprint density at radius 2 is 2.03 bits per heavy atom. The number of fused-ring (bicyclic) bond motifs is 1. The molecule has 2 heterocycles. The third kappa shape index (κ3) is 4.59. The number of nitrogens with zero attached hydrogens (tertiary/aromatic N) is 2. The van der Waals surface area contributed by atoms with E-state index in [0.717, 1.165) is 23.1 Å². The molecule has 3 N–H and O–H groups in total. The number of rotatable bonds is 4. The summed E-state index contributed by atoms with van der Waals surface area (Å²) in [4.78, 5) is 17.1. The highest BCUT2D eigenvalue weighted by atomic mass is 35.5. The quantitative estimate of drug-likeness (QED) is 0.624. The zero-order valence-electron chi connectivity index (χ0n) is 16.7. The molecule has 30 heavy (non-hydrogen) atoms. The minimum absolute atomic E-state index is 0. The van der Waals surface area contributed by atoms with E-state index in [1.165, 1.54) is 12.1 Å². The smallest absolute Gasteiger partial charge is 0.253 e. The number of carbonyl (C=O) groups excluding carboxylic acids is 1. The number of benzene rings is 2. The molecule has 2 aromatic carbocycles. The van der Waals surface area contributed by atoms with Crippen molar-refractivity contribution in [1.29, 1.82) is 0 Å². The maximum atomic E-state index is 13.5. The summed E-state index contributed by atoms with van der Waals surface area (Å²) >= 11 is 0. The fourth-order valence-corrected chi connectivity index (χ4v) is 3.61. The first kappa shape index (κ1) is 24.1. The Bertz CT molecular complexity index is 1060. The van der Waals surface area contributed by atoms with Crippen LogP contribution in [-0.4, -0.2) is 34.2 Å². The van der Waals surface area contributed by atoms with E-state index in [4.69, 9.17) is 10.5 Å². The van der Waals surface area contributed by atoms with Gasteiger partial charge in [0, 0.05) is 30.9 Å². The standard InChI is InChI=1S/C21H23FN4O2.2ClH/c1-12-3-4-13(20-24-17-10-14(22)5-7-18(17)26(20)2)9-16(12)25-21(27)19-8-6-15(11-23)28-19;;/h3-5,7,9-10,15,19H,6,8,11,23H2,1-2H3,(H,25,27);2*1H/t15-,19+;;/m1../s1. The number of imidazole rings is 1. The Kier molecular flexibility index (Phi) is 7.82. The van der Waals surface area contributed by atoms with E-state index in [1.54, 1.807) is 6.07 Å². The SMILES string of the molecule is Cc1ccc(-c2nc3cc(F)ccc3n2C)cc1NC(=O)[C@@H]1CC[C@H](CN)O1.Cl.Cl. The van der Waals surface area contributed by atoms with E-state index in [-0.39, 0.29) is 42.6 Å². The Balaban J connectivity index is 0.00000160. The second-order valence-electron chi connectivity index (χ2n) is 7.21. The maximum absolute atomic E-state index is 13.5. The van der Waals surface area contributed by atoms with Gasteiger partial charge in [0.05, 0.1) is 17.1 Å². The minimum atomic E-state index is -0.477. The topological polar surface area (TPSA) is 82.2 Å². The molecule has 6 nitrogen and oxygen atoms in total. The van der Waals surface area contributed by atoms with Crippen LogP contribution in [0, 0.1) is 12.7 Å². The van der Waals surface area contributed by atoms with Crippen molar-refractivity contribution in [2.24, 2.45) is 12.8 Å². The largest absolute Gasteiger partial charge is 0.364 e. The van der Waals surface area contributed by atoms with Crippen LogP contribution in [0.3, 0.4) is 0 Å². The van der Waals surface area contributed by atoms with Crippen molar-refractivity contribution >= 4 is 47.4 Å². The fraction of sp³-hybridized carbons (Fsp3) is 0.333. The first-order valence-corrected chi connectivity index (χ1v) is 9.35. The van der Waals surface area contributed by atoms with E-state index < -0.39 is 6.10 Å². The van der Waals surface area contributed by atoms with E-state index >= 15 is 0 Å². The molecule has 0 aliphatic carbocycles. The summed E-state index contributed by atoms with van der Waals surface area (Å²) in [6.45, 7) is 2.35. The zero-order chi connectivity index (χ0) is 19.8. The van der Waals surface area contributed by atoms with Gasteiger partial charge in [-0.15, -0.1) is 24.8 Å². The number of aromatic nitrogens is 2. The molecule has 0 unspecified atom stereocenters. The number of hydrogen-bond acceptors (Lipinski definition) is 4. The summed E-state index contributed by atoms with van der Waals surface area (Å²) in [5.41, 5.74) is 9.55. The normalized spacial score (nSPS) is 18.0. The molecule has 162 valence electrons. The van der Waals surface area contributed by atoms with Gasteiger partial charge < -0.3 is 20.4 Å². The van der Waals surface area contributed by atoms with Crippen LogP contribution in [0.4, 0.5) is 10.1 Å². The Morgan fingerprint density at radius 3 is 2.73 bits per heavy atom.